The Labute approximate surface area is 229 Å². The van der Waals surface area contributed by atoms with Gasteiger partial charge < -0.3 is 19.5 Å². The molecule has 0 spiro atoms. The molecule has 3 aromatic carbocycles. The lowest BCUT2D eigenvalue weighted by Gasteiger charge is -2.12. The Kier molecular flexibility index (Phi) is 6.34. The SMILES string of the molecule is COc1cnc2c(-c3nc4cc(F)c5c(c4s3)C[C@@H](CNC(=O)Oc3ccc([N+](=O)[O-])cc3)O5)cc(C)cc2n1. The van der Waals surface area contributed by atoms with Crippen LogP contribution >= 0.6 is 11.3 Å². The number of nitro groups is 1. The zero-order valence-electron chi connectivity index (χ0n) is 21.1. The minimum Gasteiger partial charge on any atom is -0.485 e. The van der Waals surface area contributed by atoms with E-state index in [2.05, 4.69) is 15.3 Å². The summed E-state index contributed by atoms with van der Waals surface area (Å²) in [5.41, 5.74) is 4.14. The summed E-state index contributed by atoms with van der Waals surface area (Å²) in [4.78, 5) is 36.2. The number of non-ortho nitro benzene ring substituents is 1. The van der Waals surface area contributed by atoms with E-state index in [9.17, 15) is 14.9 Å². The smallest absolute Gasteiger partial charge is 0.412 e. The van der Waals surface area contributed by atoms with Gasteiger partial charge in [0.15, 0.2) is 11.6 Å². The van der Waals surface area contributed by atoms with Crippen molar-refractivity contribution in [2.24, 2.45) is 0 Å². The number of nitrogens with one attached hydrogen (secondary N) is 1. The minimum absolute atomic E-state index is 0.0625. The number of thiazole rings is 1. The molecule has 1 amide bonds. The van der Waals surface area contributed by atoms with Gasteiger partial charge in [0.05, 0.1) is 46.0 Å². The fourth-order valence-corrected chi connectivity index (χ4v) is 5.65. The summed E-state index contributed by atoms with van der Waals surface area (Å²) >= 11 is 1.41. The topological polar surface area (TPSA) is 139 Å². The Morgan fingerprint density at radius 2 is 2.02 bits per heavy atom. The first-order valence-electron chi connectivity index (χ1n) is 12.1. The number of ether oxygens (including phenoxy) is 3. The van der Waals surface area contributed by atoms with E-state index < -0.39 is 22.9 Å². The maximum atomic E-state index is 15.0. The summed E-state index contributed by atoms with van der Waals surface area (Å²) in [6.45, 7) is 2.01. The Bertz CT molecular complexity index is 1810. The van der Waals surface area contributed by atoms with E-state index in [4.69, 9.17) is 19.2 Å². The second-order valence-corrected chi connectivity index (χ2v) is 10.1. The van der Waals surface area contributed by atoms with E-state index in [-0.39, 0.29) is 23.7 Å². The highest BCUT2D eigenvalue weighted by Gasteiger charge is 2.30. The van der Waals surface area contributed by atoms with Crippen LogP contribution in [-0.2, 0) is 6.42 Å². The molecule has 2 aromatic heterocycles. The van der Waals surface area contributed by atoms with Crippen molar-refractivity contribution >= 4 is 44.4 Å². The Morgan fingerprint density at radius 3 is 2.77 bits per heavy atom. The lowest BCUT2D eigenvalue weighted by molar-refractivity contribution is -0.384. The van der Waals surface area contributed by atoms with Crippen molar-refractivity contribution in [1.82, 2.24) is 20.3 Å². The van der Waals surface area contributed by atoms with E-state index in [0.717, 1.165) is 15.8 Å². The zero-order chi connectivity index (χ0) is 28.0. The lowest BCUT2D eigenvalue weighted by atomic mass is 10.1. The third-order valence-electron chi connectivity index (χ3n) is 6.34. The second kappa shape index (κ2) is 10.0. The molecule has 13 heteroatoms. The quantitative estimate of drug-likeness (QED) is 0.214. The molecule has 40 heavy (non-hydrogen) atoms. The molecule has 0 aliphatic carbocycles. The summed E-state index contributed by atoms with van der Waals surface area (Å²) in [5, 5.41) is 14.0. The zero-order valence-corrected chi connectivity index (χ0v) is 22.0. The number of hydrogen-bond donors (Lipinski definition) is 1. The normalized spacial score (nSPS) is 14.1. The number of halogens is 1. The first kappa shape index (κ1) is 25.4. The molecule has 202 valence electrons. The maximum absolute atomic E-state index is 15.0. The van der Waals surface area contributed by atoms with Gasteiger partial charge in [-0.25, -0.2) is 24.1 Å². The summed E-state index contributed by atoms with van der Waals surface area (Å²) in [5.74, 6) is 0.155. The predicted molar refractivity (Wildman–Crippen MR) is 145 cm³/mol. The summed E-state index contributed by atoms with van der Waals surface area (Å²) in [7, 11) is 1.53. The number of rotatable bonds is 6. The van der Waals surface area contributed by atoms with Crippen molar-refractivity contribution in [1.29, 1.82) is 0 Å². The molecular formula is C27H20FN5O6S. The molecule has 0 saturated heterocycles. The van der Waals surface area contributed by atoms with Gasteiger partial charge in [-0.15, -0.1) is 11.3 Å². The van der Waals surface area contributed by atoms with Crippen molar-refractivity contribution in [3.05, 3.63) is 75.7 Å². The molecule has 3 heterocycles. The van der Waals surface area contributed by atoms with Gasteiger partial charge in [-0.1, -0.05) is 0 Å². The lowest BCUT2D eigenvalue weighted by Crippen LogP contribution is -2.36. The molecule has 11 nitrogen and oxygen atoms in total. The number of carbonyl (C=O) groups is 1. The number of aromatic nitrogens is 3. The number of benzene rings is 3. The maximum Gasteiger partial charge on any atom is 0.412 e. The third-order valence-corrected chi connectivity index (χ3v) is 7.50. The van der Waals surface area contributed by atoms with Gasteiger partial charge in [-0.05, 0) is 36.8 Å². The number of carbonyl (C=O) groups excluding carboxylic acids is 1. The van der Waals surface area contributed by atoms with Crippen molar-refractivity contribution in [2.45, 2.75) is 19.4 Å². The highest BCUT2D eigenvalue weighted by atomic mass is 32.1. The number of methoxy groups -OCH3 is 1. The van der Waals surface area contributed by atoms with Gasteiger partial charge in [0, 0.05) is 35.7 Å². The van der Waals surface area contributed by atoms with E-state index in [1.807, 2.05) is 19.1 Å². The molecule has 1 aliphatic rings. The van der Waals surface area contributed by atoms with Crippen molar-refractivity contribution in [2.75, 3.05) is 13.7 Å². The van der Waals surface area contributed by atoms with Crippen LogP contribution < -0.4 is 19.5 Å². The van der Waals surface area contributed by atoms with Crippen LogP contribution in [0.2, 0.25) is 0 Å². The number of aryl methyl sites for hydroxylation is 1. The molecule has 6 rings (SSSR count). The van der Waals surface area contributed by atoms with E-state index in [0.29, 0.717) is 39.4 Å². The summed E-state index contributed by atoms with van der Waals surface area (Å²) < 4.78 is 32.0. The fourth-order valence-electron chi connectivity index (χ4n) is 4.54. The van der Waals surface area contributed by atoms with Crippen LogP contribution in [-0.4, -0.2) is 45.7 Å². The molecule has 1 atom stereocenters. The number of amides is 1. The molecule has 1 aliphatic heterocycles. The highest BCUT2D eigenvalue weighted by Crippen LogP contribution is 2.43. The van der Waals surface area contributed by atoms with Crippen LogP contribution in [0.15, 0.2) is 48.7 Å². The van der Waals surface area contributed by atoms with E-state index >= 15 is 4.39 Å². The molecule has 0 fully saturated rings. The molecule has 0 radical (unpaired) electrons. The van der Waals surface area contributed by atoms with Crippen LogP contribution in [0.4, 0.5) is 14.9 Å². The molecular weight excluding hydrogens is 541 g/mol. The molecule has 1 N–H and O–H groups in total. The monoisotopic (exact) mass is 561 g/mol. The minimum atomic E-state index is -0.761. The first-order chi connectivity index (χ1) is 19.3. The first-order valence-corrected chi connectivity index (χ1v) is 12.9. The highest BCUT2D eigenvalue weighted by molar-refractivity contribution is 7.22. The Balaban J connectivity index is 1.22. The standard InChI is InChI=1S/C27H20FN5O6S/c1-13-7-17(23-20(8-13)31-22(37-2)12-29-23)26-32-21-10-19(28)24-18(25(21)40-26)9-16(38-24)11-30-27(34)39-15-5-3-14(4-6-15)33(35)36/h3-8,10,12,16H,9,11H2,1-2H3,(H,30,34)/t16-/m0/s1. The molecule has 0 saturated carbocycles. The number of hydrogen-bond acceptors (Lipinski definition) is 10. The predicted octanol–water partition coefficient (Wildman–Crippen LogP) is 5.36. The number of nitrogens with zero attached hydrogens (tertiary/aromatic N) is 4. The van der Waals surface area contributed by atoms with Gasteiger partial charge in [-0.3, -0.25) is 10.1 Å². The van der Waals surface area contributed by atoms with Gasteiger partial charge in [0.1, 0.15) is 16.9 Å². The van der Waals surface area contributed by atoms with Crippen molar-refractivity contribution in [3.63, 3.8) is 0 Å². The largest absolute Gasteiger partial charge is 0.485 e. The van der Waals surface area contributed by atoms with Crippen LogP contribution in [0, 0.1) is 22.9 Å². The molecule has 0 unspecified atom stereocenters. The Hall–Kier alpha value is -4.91. The number of nitro benzene ring substituents is 1. The Morgan fingerprint density at radius 1 is 1.23 bits per heavy atom. The van der Waals surface area contributed by atoms with E-state index in [1.54, 1.807) is 6.20 Å². The van der Waals surface area contributed by atoms with Crippen molar-refractivity contribution in [3.8, 4) is 28.0 Å². The summed E-state index contributed by atoms with van der Waals surface area (Å²) in [6, 6.07) is 10.4. The fraction of sp³-hybridized carbons (Fsp3) is 0.185. The number of fused-ring (bicyclic) bond motifs is 4. The van der Waals surface area contributed by atoms with Crippen LogP contribution in [0.3, 0.4) is 0 Å². The third kappa shape index (κ3) is 4.71. The van der Waals surface area contributed by atoms with Gasteiger partial charge in [-0.2, -0.15) is 0 Å². The summed E-state index contributed by atoms with van der Waals surface area (Å²) in [6.07, 6.45) is 0.616. The van der Waals surface area contributed by atoms with Crippen LogP contribution in [0.5, 0.6) is 17.4 Å². The van der Waals surface area contributed by atoms with Gasteiger partial charge in [0.2, 0.25) is 5.88 Å². The van der Waals surface area contributed by atoms with Gasteiger partial charge >= 0.3 is 6.09 Å². The average molecular weight is 562 g/mol. The average Bonchev–Trinajstić information content (AvgIpc) is 3.56. The molecule has 0 bridgehead atoms. The molecule has 5 aromatic rings. The van der Waals surface area contributed by atoms with E-state index in [1.165, 1.54) is 48.8 Å². The van der Waals surface area contributed by atoms with Crippen molar-refractivity contribution < 1.29 is 28.3 Å². The van der Waals surface area contributed by atoms with Crippen LogP contribution in [0.25, 0.3) is 31.8 Å². The second-order valence-electron chi connectivity index (χ2n) is 9.09. The van der Waals surface area contributed by atoms with Crippen LogP contribution in [0.1, 0.15) is 11.1 Å². The van der Waals surface area contributed by atoms with Gasteiger partial charge in [0.25, 0.3) is 5.69 Å².